The zero-order valence-electron chi connectivity index (χ0n) is 7.66. The van der Waals surface area contributed by atoms with Gasteiger partial charge in [-0.3, -0.25) is 4.79 Å². The molecule has 4 nitrogen and oxygen atoms in total. The summed E-state index contributed by atoms with van der Waals surface area (Å²) in [5.41, 5.74) is 0. The molecule has 1 aliphatic rings. The van der Waals surface area contributed by atoms with Gasteiger partial charge in [0, 0.05) is 20.1 Å². The molecule has 1 amide bonds. The van der Waals surface area contributed by atoms with Crippen LogP contribution in [0.15, 0.2) is 0 Å². The highest BCUT2D eigenvalue weighted by Crippen LogP contribution is 2.08. The zero-order chi connectivity index (χ0) is 9.84. The van der Waals surface area contributed by atoms with Gasteiger partial charge < -0.3 is 15.3 Å². The summed E-state index contributed by atoms with van der Waals surface area (Å²) in [6.45, 7) is 1.17. The van der Waals surface area contributed by atoms with Crippen molar-refractivity contribution >= 4 is 5.91 Å². The first-order valence-corrected chi connectivity index (χ1v) is 4.24. The number of nitrogens with one attached hydrogen (secondary N) is 1. The molecule has 0 spiro atoms. The van der Waals surface area contributed by atoms with E-state index in [1.165, 1.54) is 4.90 Å². The summed E-state index contributed by atoms with van der Waals surface area (Å²) >= 11 is 0. The smallest absolute Gasteiger partial charge is 0.234 e. The lowest BCUT2D eigenvalue weighted by atomic mass is 10.2. The summed E-state index contributed by atoms with van der Waals surface area (Å²) < 4.78 is 0. The number of carbonyl (C=O) groups is 1. The second kappa shape index (κ2) is 4.26. The number of hydrogen-bond donors (Lipinski definition) is 2. The van der Waals surface area contributed by atoms with Crippen molar-refractivity contribution in [3.05, 3.63) is 0 Å². The Bertz CT molecular complexity index is 234. The number of rotatable bonds is 2. The average molecular weight is 182 g/mol. The molecule has 1 heterocycles. The van der Waals surface area contributed by atoms with Crippen molar-refractivity contribution in [1.29, 1.82) is 0 Å². The van der Waals surface area contributed by atoms with E-state index in [0.717, 1.165) is 0 Å². The predicted molar refractivity (Wildman–Crippen MR) is 48.9 cm³/mol. The summed E-state index contributed by atoms with van der Waals surface area (Å²) in [5.74, 6) is 2.18. The molecule has 0 aliphatic carbocycles. The third kappa shape index (κ3) is 2.20. The number of terminal acetylenes is 1. The minimum absolute atomic E-state index is 0.0969. The summed E-state index contributed by atoms with van der Waals surface area (Å²) in [6.07, 6.45) is 4.64. The van der Waals surface area contributed by atoms with Crippen molar-refractivity contribution in [2.24, 2.45) is 0 Å². The largest absolute Gasteiger partial charge is 0.390 e. The highest BCUT2D eigenvalue weighted by atomic mass is 16.3. The van der Waals surface area contributed by atoms with Gasteiger partial charge in [0.1, 0.15) is 0 Å². The number of hydrogen-bond acceptors (Lipinski definition) is 3. The molecule has 0 aromatic rings. The molecule has 0 unspecified atom stereocenters. The quantitative estimate of drug-likeness (QED) is 0.527. The summed E-state index contributed by atoms with van der Waals surface area (Å²) in [5, 5.41) is 12.5. The zero-order valence-corrected chi connectivity index (χ0v) is 7.66. The second-order valence-electron chi connectivity index (χ2n) is 3.18. The highest BCUT2D eigenvalue weighted by Gasteiger charge is 2.30. The minimum Gasteiger partial charge on any atom is -0.390 e. The van der Waals surface area contributed by atoms with Crippen LogP contribution >= 0.6 is 0 Å². The van der Waals surface area contributed by atoms with Gasteiger partial charge in [0.15, 0.2) is 0 Å². The fourth-order valence-corrected chi connectivity index (χ4v) is 1.44. The molecule has 1 aliphatic heterocycles. The second-order valence-corrected chi connectivity index (χ2v) is 3.18. The van der Waals surface area contributed by atoms with E-state index in [1.54, 1.807) is 7.05 Å². The maximum Gasteiger partial charge on any atom is 0.234 e. The van der Waals surface area contributed by atoms with E-state index in [0.29, 0.717) is 13.1 Å². The van der Waals surface area contributed by atoms with Gasteiger partial charge in [0.05, 0.1) is 18.6 Å². The van der Waals surface area contributed by atoms with Crippen molar-refractivity contribution < 1.29 is 9.90 Å². The molecule has 2 N–H and O–H groups in total. The van der Waals surface area contributed by atoms with Crippen molar-refractivity contribution in [3.63, 3.8) is 0 Å². The number of β-amino-alcohol motifs (C(OH)–C–C–N with tert-alkyl or cyclic N) is 1. The van der Waals surface area contributed by atoms with Crippen LogP contribution in [-0.4, -0.2) is 48.2 Å². The average Bonchev–Trinajstić information content (AvgIpc) is 2.50. The molecule has 1 fully saturated rings. The van der Waals surface area contributed by atoms with Crippen LogP contribution in [0.5, 0.6) is 0 Å². The van der Waals surface area contributed by atoms with Gasteiger partial charge in [-0.15, -0.1) is 6.42 Å². The van der Waals surface area contributed by atoms with Gasteiger partial charge in [-0.05, 0) is 0 Å². The fourth-order valence-electron chi connectivity index (χ4n) is 1.44. The first-order valence-electron chi connectivity index (χ1n) is 4.24. The number of amides is 1. The number of aliphatic hydroxyl groups excluding tert-OH is 1. The molecule has 1 rings (SSSR count). The Morgan fingerprint density at radius 3 is 2.92 bits per heavy atom. The number of carbonyl (C=O) groups excluding carboxylic acids is 1. The molecule has 0 aromatic heterocycles. The molecule has 13 heavy (non-hydrogen) atoms. The summed E-state index contributed by atoms with van der Waals surface area (Å²) in [4.78, 5) is 12.8. The van der Waals surface area contributed by atoms with Crippen LogP contribution in [0.25, 0.3) is 0 Å². The van der Waals surface area contributed by atoms with Gasteiger partial charge in [-0.2, -0.15) is 0 Å². The monoisotopic (exact) mass is 182 g/mol. The molecular weight excluding hydrogens is 168 g/mol. The molecule has 0 saturated carbocycles. The highest BCUT2D eigenvalue weighted by molar-refractivity contribution is 5.78. The van der Waals surface area contributed by atoms with Crippen LogP contribution in [0.3, 0.4) is 0 Å². The summed E-state index contributed by atoms with van der Waals surface area (Å²) in [6, 6.07) is -0.138. The lowest BCUT2D eigenvalue weighted by Gasteiger charge is -2.25. The third-order valence-electron chi connectivity index (χ3n) is 2.30. The van der Waals surface area contributed by atoms with Crippen LogP contribution in [0.2, 0.25) is 0 Å². The van der Waals surface area contributed by atoms with Crippen LogP contribution in [-0.2, 0) is 4.79 Å². The van der Waals surface area contributed by atoms with E-state index in [9.17, 15) is 9.90 Å². The molecule has 4 heteroatoms. The number of likely N-dealkylation sites (N-methyl/N-ethyl adjacent to an activating group) is 1. The van der Waals surface area contributed by atoms with E-state index in [-0.39, 0.29) is 18.4 Å². The van der Waals surface area contributed by atoms with E-state index in [4.69, 9.17) is 6.42 Å². The molecule has 2 atom stereocenters. The Hall–Kier alpha value is -1.05. The summed E-state index contributed by atoms with van der Waals surface area (Å²) in [7, 11) is 1.67. The maximum absolute atomic E-state index is 11.3. The van der Waals surface area contributed by atoms with E-state index >= 15 is 0 Å². The van der Waals surface area contributed by atoms with Gasteiger partial charge in [-0.1, -0.05) is 5.92 Å². The van der Waals surface area contributed by atoms with E-state index in [1.807, 2.05) is 0 Å². The van der Waals surface area contributed by atoms with Gasteiger partial charge in [0.2, 0.25) is 5.91 Å². The van der Waals surface area contributed by atoms with Crippen LogP contribution < -0.4 is 5.32 Å². The minimum atomic E-state index is -0.480. The predicted octanol–water partition coefficient (Wildman–Crippen LogP) is -1.20. The Labute approximate surface area is 77.9 Å². The Balaban J connectivity index is 2.51. The molecule has 72 valence electrons. The number of nitrogens with zero attached hydrogens (tertiary/aromatic N) is 1. The molecule has 1 saturated heterocycles. The number of aliphatic hydroxyl groups is 1. The topological polar surface area (TPSA) is 52.6 Å². The van der Waals surface area contributed by atoms with Crippen molar-refractivity contribution in [3.8, 4) is 12.3 Å². The standard InChI is InChI=1S/C9H14N2O2/c1-3-4-9(13)11(2)7-5-10-6-8(7)12/h1,7-8,10,12H,4-6H2,2H3/t7-,8-/m1/s1. The normalized spacial score (nSPS) is 26.8. The molecule has 0 aromatic carbocycles. The maximum atomic E-state index is 11.3. The lowest BCUT2D eigenvalue weighted by molar-refractivity contribution is -0.132. The van der Waals surface area contributed by atoms with Crippen molar-refractivity contribution in [2.45, 2.75) is 18.6 Å². The Morgan fingerprint density at radius 1 is 1.77 bits per heavy atom. The lowest BCUT2D eigenvalue weighted by Crippen LogP contribution is -2.44. The van der Waals surface area contributed by atoms with Gasteiger partial charge >= 0.3 is 0 Å². The molecule has 0 bridgehead atoms. The van der Waals surface area contributed by atoms with Gasteiger partial charge in [-0.25, -0.2) is 0 Å². The van der Waals surface area contributed by atoms with Gasteiger partial charge in [0.25, 0.3) is 0 Å². The van der Waals surface area contributed by atoms with Crippen molar-refractivity contribution in [1.82, 2.24) is 10.2 Å². The SMILES string of the molecule is C#CCC(=O)N(C)[C@@H]1CNC[C@H]1O. The van der Waals surface area contributed by atoms with E-state index in [2.05, 4.69) is 11.2 Å². The Morgan fingerprint density at radius 2 is 2.46 bits per heavy atom. The molecule has 0 radical (unpaired) electrons. The third-order valence-corrected chi connectivity index (χ3v) is 2.30. The first kappa shape index (κ1) is 10.0. The van der Waals surface area contributed by atoms with Crippen LogP contribution in [0.4, 0.5) is 0 Å². The fraction of sp³-hybridized carbons (Fsp3) is 0.667. The Kier molecular flexibility index (Phi) is 3.29. The molecular formula is C9H14N2O2. The van der Waals surface area contributed by atoms with Crippen LogP contribution in [0, 0.1) is 12.3 Å². The van der Waals surface area contributed by atoms with Crippen LogP contribution in [0.1, 0.15) is 6.42 Å². The van der Waals surface area contributed by atoms with Crippen molar-refractivity contribution in [2.75, 3.05) is 20.1 Å². The first-order chi connectivity index (χ1) is 6.16. The van der Waals surface area contributed by atoms with E-state index < -0.39 is 6.10 Å².